The van der Waals surface area contributed by atoms with E-state index >= 15 is 0 Å². The van der Waals surface area contributed by atoms with Gasteiger partial charge >= 0.3 is 0 Å². The Balaban J connectivity index is 2.23. The Kier molecular flexibility index (Phi) is 6.78. The third-order valence-corrected chi connectivity index (χ3v) is 3.88. The Morgan fingerprint density at radius 3 is 2.38 bits per heavy atom. The minimum absolute atomic E-state index is 0.00693. The molecule has 0 saturated heterocycles. The number of nitrogens with zero attached hydrogens (tertiary/aromatic N) is 1. The number of benzene rings is 2. The van der Waals surface area contributed by atoms with E-state index in [2.05, 4.69) is 5.32 Å². The van der Waals surface area contributed by atoms with Crippen LogP contribution in [0.5, 0.6) is 5.75 Å². The number of carbonyl (C=O) groups is 1. The molecule has 0 spiro atoms. The number of aliphatic hydroxyl groups excluding tert-OH is 1. The largest absolute Gasteiger partial charge is 0.497 e. The fourth-order valence-corrected chi connectivity index (χ4v) is 2.65. The van der Waals surface area contributed by atoms with Crippen molar-refractivity contribution in [1.29, 1.82) is 0 Å². The molecule has 128 valence electrons. The lowest BCUT2D eigenvalue weighted by atomic mass is 10.0. The first kappa shape index (κ1) is 18.0. The van der Waals surface area contributed by atoms with Crippen molar-refractivity contribution in [2.24, 2.45) is 0 Å². The van der Waals surface area contributed by atoms with Gasteiger partial charge in [-0.05, 0) is 36.4 Å². The predicted octanol–water partition coefficient (Wildman–Crippen LogP) is 2.69. The van der Waals surface area contributed by atoms with E-state index in [1.165, 1.54) is 0 Å². The summed E-state index contributed by atoms with van der Waals surface area (Å²) in [7, 11) is 1.60. The molecule has 2 N–H and O–H groups in total. The number of nitrogens with one attached hydrogen (secondary N) is 1. The average molecular weight is 328 g/mol. The summed E-state index contributed by atoms with van der Waals surface area (Å²) in [6.07, 6.45) is 0. The van der Waals surface area contributed by atoms with E-state index in [1.807, 2.05) is 42.2 Å². The Bertz CT molecular complexity index is 629. The summed E-state index contributed by atoms with van der Waals surface area (Å²) in [5.41, 5.74) is 1.61. The van der Waals surface area contributed by atoms with Crippen LogP contribution in [0.25, 0.3) is 0 Å². The van der Waals surface area contributed by atoms with Crippen LogP contribution >= 0.6 is 0 Å². The molecule has 0 radical (unpaired) electrons. The zero-order valence-electron chi connectivity index (χ0n) is 14.1. The fraction of sp³-hybridized carbons (Fsp3) is 0.316. The summed E-state index contributed by atoms with van der Waals surface area (Å²) >= 11 is 0. The van der Waals surface area contributed by atoms with Crippen LogP contribution in [0, 0.1) is 0 Å². The number of hydrogen-bond donors (Lipinski definition) is 2. The zero-order valence-corrected chi connectivity index (χ0v) is 14.1. The molecular weight excluding hydrogens is 304 g/mol. The van der Waals surface area contributed by atoms with Gasteiger partial charge in [0.1, 0.15) is 11.8 Å². The van der Waals surface area contributed by atoms with Crippen molar-refractivity contribution in [3.8, 4) is 5.75 Å². The summed E-state index contributed by atoms with van der Waals surface area (Å²) in [5.74, 6) is 0.616. The number of anilines is 1. The number of hydrogen-bond acceptors (Lipinski definition) is 4. The van der Waals surface area contributed by atoms with Crippen LogP contribution in [0.3, 0.4) is 0 Å². The van der Waals surface area contributed by atoms with E-state index in [4.69, 9.17) is 4.74 Å². The van der Waals surface area contributed by atoms with Crippen LogP contribution in [0.4, 0.5) is 5.69 Å². The van der Waals surface area contributed by atoms with Crippen LogP contribution in [0.15, 0.2) is 54.6 Å². The van der Waals surface area contributed by atoms with Gasteiger partial charge in [0.15, 0.2) is 0 Å². The molecule has 0 aliphatic rings. The molecule has 0 heterocycles. The first-order chi connectivity index (χ1) is 11.7. The molecule has 2 rings (SSSR count). The molecule has 0 aromatic heterocycles. The maximum Gasteiger partial charge on any atom is 0.246 e. The summed E-state index contributed by atoms with van der Waals surface area (Å²) in [4.78, 5) is 14.8. The van der Waals surface area contributed by atoms with E-state index < -0.39 is 6.04 Å². The number of carbonyl (C=O) groups excluding carboxylic acids is 1. The molecule has 5 nitrogen and oxygen atoms in total. The van der Waals surface area contributed by atoms with E-state index in [0.717, 1.165) is 11.3 Å². The van der Waals surface area contributed by atoms with Crippen LogP contribution in [-0.2, 0) is 4.79 Å². The lowest BCUT2D eigenvalue weighted by Gasteiger charge is -2.29. The number of amides is 1. The summed E-state index contributed by atoms with van der Waals surface area (Å²) in [6, 6.07) is 16.4. The zero-order chi connectivity index (χ0) is 17.4. The van der Waals surface area contributed by atoms with Crippen molar-refractivity contribution < 1.29 is 14.6 Å². The van der Waals surface area contributed by atoms with Crippen LogP contribution in [0.2, 0.25) is 0 Å². The highest BCUT2D eigenvalue weighted by Gasteiger charge is 2.26. The Labute approximate surface area is 142 Å². The highest BCUT2D eigenvalue weighted by molar-refractivity contribution is 5.95. The van der Waals surface area contributed by atoms with Gasteiger partial charge in [0.2, 0.25) is 5.91 Å². The molecule has 2 aromatic rings. The van der Waals surface area contributed by atoms with Gasteiger partial charge in [-0.3, -0.25) is 9.69 Å². The van der Waals surface area contributed by atoms with E-state index in [1.54, 1.807) is 31.4 Å². The fourth-order valence-electron chi connectivity index (χ4n) is 2.65. The topological polar surface area (TPSA) is 61.8 Å². The second-order valence-electron chi connectivity index (χ2n) is 5.38. The predicted molar refractivity (Wildman–Crippen MR) is 95.1 cm³/mol. The van der Waals surface area contributed by atoms with Gasteiger partial charge in [0, 0.05) is 12.2 Å². The van der Waals surface area contributed by atoms with Gasteiger partial charge in [-0.2, -0.15) is 0 Å². The number of likely N-dealkylation sites (N-methyl/N-ethyl adjacent to an activating group) is 1. The molecule has 1 unspecified atom stereocenters. The molecule has 0 aliphatic heterocycles. The van der Waals surface area contributed by atoms with E-state index in [9.17, 15) is 9.90 Å². The average Bonchev–Trinajstić information content (AvgIpc) is 2.62. The number of aliphatic hydroxyl groups is 1. The second-order valence-corrected chi connectivity index (χ2v) is 5.38. The third kappa shape index (κ3) is 4.57. The van der Waals surface area contributed by atoms with Gasteiger partial charge < -0.3 is 15.2 Å². The van der Waals surface area contributed by atoms with Crippen LogP contribution in [0.1, 0.15) is 18.5 Å². The Morgan fingerprint density at radius 2 is 1.83 bits per heavy atom. The normalized spacial score (nSPS) is 12.0. The monoisotopic (exact) mass is 328 g/mol. The van der Waals surface area contributed by atoms with Gasteiger partial charge in [-0.15, -0.1) is 0 Å². The first-order valence-corrected chi connectivity index (χ1v) is 8.04. The second kappa shape index (κ2) is 9.05. The molecule has 2 aromatic carbocycles. The molecule has 0 bridgehead atoms. The standard InChI is InChI=1S/C19H24N2O3/c1-3-21(13-14-22)18(15-7-5-4-6-8-15)19(23)20-16-9-11-17(24-2)12-10-16/h4-12,18,22H,3,13-14H2,1-2H3,(H,20,23). The van der Waals surface area contributed by atoms with E-state index in [-0.39, 0.29) is 12.5 Å². The van der Waals surface area contributed by atoms with Crippen molar-refractivity contribution in [2.45, 2.75) is 13.0 Å². The molecule has 0 aliphatic carbocycles. The molecule has 1 atom stereocenters. The van der Waals surface area contributed by atoms with Crippen molar-refractivity contribution in [1.82, 2.24) is 4.90 Å². The quantitative estimate of drug-likeness (QED) is 0.782. The Morgan fingerprint density at radius 1 is 1.17 bits per heavy atom. The molecule has 5 heteroatoms. The maximum absolute atomic E-state index is 12.9. The molecule has 24 heavy (non-hydrogen) atoms. The van der Waals surface area contributed by atoms with Crippen molar-refractivity contribution in [3.63, 3.8) is 0 Å². The van der Waals surface area contributed by atoms with Gasteiger partial charge in [0.25, 0.3) is 0 Å². The lowest BCUT2D eigenvalue weighted by molar-refractivity contribution is -0.121. The van der Waals surface area contributed by atoms with E-state index in [0.29, 0.717) is 18.8 Å². The highest BCUT2D eigenvalue weighted by Crippen LogP contribution is 2.23. The Hall–Kier alpha value is -2.37. The van der Waals surface area contributed by atoms with Crippen molar-refractivity contribution >= 4 is 11.6 Å². The molecular formula is C19H24N2O3. The number of ether oxygens (including phenoxy) is 1. The maximum atomic E-state index is 12.9. The molecule has 0 fully saturated rings. The highest BCUT2D eigenvalue weighted by atomic mass is 16.5. The molecule has 1 amide bonds. The first-order valence-electron chi connectivity index (χ1n) is 8.04. The van der Waals surface area contributed by atoms with Gasteiger partial charge in [0.05, 0.1) is 13.7 Å². The number of rotatable bonds is 8. The van der Waals surface area contributed by atoms with Crippen molar-refractivity contribution in [2.75, 3.05) is 32.1 Å². The minimum atomic E-state index is -0.453. The smallest absolute Gasteiger partial charge is 0.246 e. The summed E-state index contributed by atoms with van der Waals surface area (Å²) in [6.45, 7) is 3.08. The number of methoxy groups -OCH3 is 1. The SMILES string of the molecule is CCN(CCO)C(C(=O)Nc1ccc(OC)cc1)c1ccccc1. The molecule has 0 saturated carbocycles. The van der Waals surface area contributed by atoms with Crippen LogP contribution in [-0.4, -0.2) is 42.7 Å². The van der Waals surface area contributed by atoms with Gasteiger partial charge in [-0.25, -0.2) is 0 Å². The minimum Gasteiger partial charge on any atom is -0.497 e. The summed E-state index contributed by atoms with van der Waals surface area (Å²) < 4.78 is 5.13. The van der Waals surface area contributed by atoms with Crippen molar-refractivity contribution in [3.05, 3.63) is 60.2 Å². The van der Waals surface area contributed by atoms with Gasteiger partial charge in [-0.1, -0.05) is 37.3 Å². The summed E-state index contributed by atoms with van der Waals surface area (Å²) in [5, 5.41) is 12.3. The lowest BCUT2D eigenvalue weighted by Crippen LogP contribution is -2.38. The van der Waals surface area contributed by atoms with Crippen LogP contribution < -0.4 is 10.1 Å². The third-order valence-electron chi connectivity index (χ3n) is 3.88.